The largest absolute Gasteiger partial charge is 0.352 e. The van der Waals surface area contributed by atoms with E-state index in [2.05, 4.69) is 15.3 Å². The van der Waals surface area contributed by atoms with Gasteiger partial charge in [0.15, 0.2) is 0 Å². The second-order valence-corrected chi connectivity index (χ2v) is 3.66. The summed E-state index contributed by atoms with van der Waals surface area (Å²) in [6, 6.07) is 7.44. The molecule has 0 unspecified atom stereocenters. The number of nitrogens with zero attached hydrogens (tertiary/aromatic N) is 2. The third-order valence-corrected chi connectivity index (χ3v) is 2.35. The molecular formula is C13H13N3O. The standard InChI is InChI=1S/C13H13N3O/c17-13(9-11-1-5-14-6-2-11)16-10-12-3-7-15-8-4-12/h1-8H,9-10H2,(H,16,17). The topological polar surface area (TPSA) is 54.9 Å². The number of pyridine rings is 2. The van der Waals surface area contributed by atoms with Crippen LogP contribution in [0.25, 0.3) is 0 Å². The summed E-state index contributed by atoms with van der Waals surface area (Å²) >= 11 is 0. The van der Waals surface area contributed by atoms with Crippen molar-refractivity contribution < 1.29 is 4.79 Å². The van der Waals surface area contributed by atoms with Crippen molar-refractivity contribution in [1.82, 2.24) is 15.3 Å². The summed E-state index contributed by atoms with van der Waals surface area (Å²) in [5.74, 6) is 0.00742. The van der Waals surface area contributed by atoms with Crippen molar-refractivity contribution >= 4 is 5.91 Å². The summed E-state index contributed by atoms with van der Waals surface area (Å²) < 4.78 is 0. The molecule has 0 aliphatic carbocycles. The average molecular weight is 227 g/mol. The molecule has 2 aromatic heterocycles. The molecule has 0 saturated carbocycles. The molecular weight excluding hydrogens is 214 g/mol. The molecule has 1 N–H and O–H groups in total. The first-order valence-corrected chi connectivity index (χ1v) is 5.39. The first-order chi connectivity index (χ1) is 8.34. The van der Waals surface area contributed by atoms with Crippen molar-refractivity contribution in [2.75, 3.05) is 0 Å². The Balaban J connectivity index is 1.83. The summed E-state index contributed by atoms with van der Waals surface area (Å²) in [5, 5.41) is 2.86. The van der Waals surface area contributed by atoms with Crippen molar-refractivity contribution in [3.05, 3.63) is 60.2 Å². The highest BCUT2D eigenvalue weighted by Gasteiger charge is 2.02. The summed E-state index contributed by atoms with van der Waals surface area (Å²) in [6.07, 6.45) is 7.18. The van der Waals surface area contributed by atoms with Gasteiger partial charge < -0.3 is 5.32 Å². The quantitative estimate of drug-likeness (QED) is 0.857. The van der Waals surface area contributed by atoms with Gasteiger partial charge in [0, 0.05) is 31.3 Å². The second kappa shape index (κ2) is 5.75. The zero-order chi connectivity index (χ0) is 11.9. The molecule has 0 radical (unpaired) electrons. The summed E-state index contributed by atoms with van der Waals surface area (Å²) in [4.78, 5) is 19.5. The highest BCUT2D eigenvalue weighted by molar-refractivity contribution is 5.78. The van der Waals surface area contributed by atoms with Crippen LogP contribution < -0.4 is 5.32 Å². The molecule has 2 aromatic rings. The monoisotopic (exact) mass is 227 g/mol. The van der Waals surface area contributed by atoms with Gasteiger partial charge in [-0.05, 0) is 35.4 Å². The lowest BCUT2D eigenvalue weighted by molar-refractivity contribution is -0.120. The van der Waals surface area contributed by atoms with Crippen LogP contribution in [-0.2, 0) is 17.8 Å². The third-order valence-electron chi connectivity index (χ3n) is 2.35. The maximum Gasteiger partial charge on any atom is 0.224 e. The van der Waals surface area contributed by atoms with Crippen LogP contribution in [0, 0.1) is 0 Å². The Hall–Kier alpha value is -2.23. The van der Waals surface area contributed by atoms with Crippen molar-refractivity contribution in [3.63, 3.8) is 0 Å². The Morgan fingerprint density at radius 1 is 0.941 bits per heavy atom. The first kappa shape index (κ1) is 11.3. The number of aromatic nitrogens is 2. The van der Waals surface area contributed by atoms with E-state index in [0.29, 0.717) is 13.0 Å². The van der Waals surface area contributed by atoms with Gasteiger partial charge in [-0.15, -0.1) is 0 Å². The van der Waals surface area contributed by atoms with E-state index in [9.17, 15) is 4.79 Å². The molecule has 0 bridgehead atoms. The summed E-state index contributed by atoms with van der Waals surface area (Å²) in [5.41, 5.74) is 2.01. The lowest BCUT2D eigenvalue weighted by Crippen LogP contribution is -2.24. The maximum atomic E-state index is 11.6. The highest BCUT2D eigenvalue weighted by Crippen LogP contribution is 1.99. The maximum absolute atomic E-state index is 11.6. The van der Waals surface area contributed by atoms with Gasteiger partial charge in [-0.1, -0.05) is 0 Å². The Labute approximate surface area is 99.7 Å². The van der Waals surface area contributed by atoms with Gasteiger partial charge in [0.2, 0.25) is 5.91 Å². The summed E-state index contributed by atoms with van der Waals surface area (Å²) in [6.45, 7) is 0.534. The number of carbonyl (C=O) groups is 1. The van der Waals surface area contributed by atoms with Crippen LogP contribution in [-0.4, -0.2) is 15.9 Å². The zero-order valence-corrected chi connectivity index (χ0v) is 9.34. The molecule has 0 aromatic carbocycles. The number of hydrogen-bond donors (Lipinski definition) is 1. The number of carbonyl (C=O) groups excluding carboxylic acids is 1. The van der Waals surface area contributed by atoms with E-state index in [1.807, 2.05) is 24.3 Å². The van der Waals surface area contributed by atoms with Crippen molar-refractivity contribution in [2.24, 2.45) is 0 Å². The minimum atomic E-state index is 0.00742. The van der Waals surface area contributed by atoms with Gasteiger partial charge in [-0.25, -0.2) is 0 Å². The third kappa shape index (κ3) is 3.68. The molecule has 1 amide bonds. The molecule has 4 heteroatoms. The number of amides is 1. The van der Waals surface area contributed by atoms with Gasteiger partial charge in [0.1, 0.15) is 0 Å². The fourth-order valence-electron chi connectivity index (χ4n) is 1.45. The van der Waals surface area contributed by atoms with E-state index in [0.717, 1.165) is 11.1 Å². The Kier molecular flexibility index (Phi) is 3.81. The molecule has 86 valence electrons. The van der Waals surface area contributed by atoms with E-state index in [1.54, 1.807) is 24.8 Å². The summed E-state index contributed by atoms with van der Waals surface area (Å²) in [7, 11) is 0. The molecule has 0 aliphatic heterocycles. The molecule has 17 heavy (non-hydrogen) atoms. The van der Waals surface area contributed by atoms with Gasteiger partial charge in [-0.2, -0.15) is 0 Å². The number of hydrogen-bond acceptors (Lipinski definition) is 3. The van der Waals surface area contributed by atoms with Crippen molar-refractivity contribution in [2.45, 2.75) is 13.0 Å². The number of nitrogens with one attached hydrogen (secondary N) is 1. The smallest absolute Gasteiger partial charge is 0.224 e. The SMILES string of the molecule is O=C(Cc1ccncc1)NCc1ccncc1. The van der Waals surface area contributed by atoms with E-state index >= 15 is 0 Å². The highest BCUT2D eigenvalue weighted by atomic mass is 16.1. The van der Waals surface area contributed by atoms with Crippen LogP contribution in [0.1, 0.15) is 11.1 Å². The molecule has 2 rings (SSSR count). The Morgan fingerprint density at radius 3 is 2.06 bits per heavy atom. The molecule has 4 nitrogen and oxygen atoms in total. The van der Waals surface area contributed by atoms with Gasteiger partial charge in [-0.3, -0.25) is 14.8 Å². The van der Waals surface area contributed by atoms with Gasteiger partial charge in [0.25, 0.3) is 0 Å². The predicted octanol–water partition coefficient (Wildman–Crippen LogP) is 1.34. The van der Waals surface area contributed by atoms with Crippen LogP contribution in [0.3, 0.4) is 0 Å². The Bertz CT molecular complexity index is 471. The molecule has 0 spiro atoms. The lowest BCUT2D eigenvalue weighted by Gasteiger charge is -2.04. The van der Waals surface area contributed by atoms with E-state index in [-0.39, 0.29) is 5.91 Å². The van der Waals surface area contributed by atoms with Crippen LogP contribution in [0.2, 0.25) is 0 Å². The van der Waals surface area contributed by atoms with Gasteiger partial charge in [0.05, 0.1) is 6.42 Å². The lowest BCUT2D eigenvalue weighted by atomic mass is 10.2. The van der Waals surface area contributed by atoms with Crippen LogP contribution in [0.15, 0.2) is 49.1 Å². The molecule has 0 saturated heterocycles. The van der Waals surface area contributed by atoms with E-state index < -0.39 is 0 Å². The van der Waals surface area contributed by atoms with Crippen LogP contribution in [0.4, 0.5) is 0 Å². The van der Waals surface area contributed by atoms with Crippen LogP contribution >= 0.6 is 0 Å². The minimum Gasteiger partial charge on any atom is -0.352 e. The molecule has 2 heterocycles. The normalized spacial score (nSPS) is 9.88. The molecule has 0 atom stereocenters. The molecule has 0 aliphatic rings. The first-order valence-electron chi connectivity index (χ1n) is 5.39. The predicted molar refractivity (Wildman–Crippen MR) is 64.0 cm³/mol. The van der Waals surface area contributed by atoms with Gasteiger partial charge >= 0.3 is 0 Å². The molecule has 0 fully saturated rings. The van der Waals surface area contributed by atoms with Crippen molar-refractivity contribution in [3.8, 4) is 0 Å². The average Bonchev–Trinajstić information content (AvgIpc) is 2.39. The number of rotatable bonds is 4. The van der Waals surface area contributed by atoms with Crippen molar-refractivity contribution in [1.29, 1.82) is 0 Å². The second-order valence-electron chi connectivity index (χ2n) is 3.66. The van der Waals surface area contributed by atoms with E-state index in [1.165, 1.54) is 0 Å². The van der Waals surface area contributed by atoms with Crippen LogP contribution in [0.5, 0.6) is 0 Å². The fraction of sp³-hybridized carbons (Fsp3) is 0.154. The Morgan fingerprint density at radius 2 is 1.47 bits per heavy atom. The minimum absolute atomic E-state index is 0.00742. The van der Waals surface area contributed by atoms with E-state index in [4.69, 9.17) is 0 Å². The fourth-order valence-corrected chi connectivity index (χ4v) is 1.45. The zero-order valence-electron chi connectivity index (χ0n) is 9.34.